The quantitative estimate of drug-likeness (QED) is 0.361. The van der Waals surface area contributed by atoms with Crippen molar-refractivity contribution in [2.75, 3.05) is 6.61 Å². The number of aromatic amines is 1. The van der Waals surface area contributed by atoms with Gasteiger partial charge >= 0.3 is 0 Å². The van der Waals surface area contributed by atoms with Gasteiger partial charge in [-0.2, -0.15) is 0 Å². The first-order chi connectivity index (χ1) is 16.7. The largest absolute Gasteiger partial charge is 0.493 e. The molecule has 3 aromatic heterocycles. The number of halogens is 1. The third-order valence-electron chi connectivity index (χ3n) is 5.90. The molecule has 0 saturated carbocycles. The van der Waals surface area contributed by atoms with Crippen LogP contribution < -0.4 is 15.6 Å². The lowest BCUT2D eigenvalue weighted by atomic mass is 10.0. The third kappa shape index (κ3) is 4.95. The maximum absolute atomic E-state index is 13.4. The first-order valence-corrected chi connectivity index (χ1v) is 12.0. The number of nitrogens with one attached hydrogen (secondary N) is 2. The molecule has 7 nitrogen and oxygen atoms in total. The zero-order chi connectivity index (χ0) is 25.3. The molecular weight excluding hydrogens is 464 g/mol. The van der Waals surface area contributed by atoms with E-state index in [0.717, 1.165) is 27.9 Å². The molecule has 0 bridgehead atoms. The Morgan fingerprint density at radius 1 is 1.17 bits per heavy atom. The number of aromatic nitrogens is 3. The van der Waals surface area contributed by atoms with Crippen LogP contribution in [0.1, 0.15) is 59.7 Å². The van der Waals surface area contributed by atoms with Gasteiger partial charge in [-0.05, 0) is 73.7 Å². The minimum atomic E-state index is -0.322. The van der Waals surface area contributed by atoms with Crippen LogP contribution >= 0.6 is 11.6 Å². The zero-order valence-corrected chi connectivity index (χ0v) is 21.3. The molecule has 0 saturated heterocycles. The number of fused-ring (bicyclic) bond motifs is 1. The molecule has 0 atom stereocenters. The number of aryl methyl sites for hydroxylation is 2. The Kier molecular flexibility index (Phi) is 6.98. The monoisotopic (exact) mass is 492 g/mol. The third-order valence-corrected chi connectivity index (χ3v) is 6.33. The highest BCUT2D eigenvalue weighted by Gasteiger charge is 2.19. The SMILES string of the molecule is CCOc1cc(C)[nH]c(=O)c1CNC(=O)c1cc(-c2ccc(Cl)c(C)c2)cc2c(C(C)C)ncn12. The van der Waals surface area contributed by atoms with Gasteiger partial charge in [0.2, 0.25) is 0 Å². The molecule has 1 amide bonds. The van der Waals surface area contributed by atoms with E-state index >= 15 is 0 Å². The van der Waals surface area contributed by atoms with E-state index in [9.17, 15) is 9.59 Å². The van der Waals surface area contributed by atoms with Crippen molar-refractivity contribution in [3.05, 3.63) is 86.3 Å². The van der Waals surface area contributed by atoms with Gasteiger partial charge in [0, 0.05) is 10.7 Å². The number of benzene rings is 1. The zero-order valence-electron chi connectivity index (χ0n) is 20.5. The summed E-state index contributed by atoms with van der Waals surface area (Å²) in [6.07, 6.45) is 1.67. The van der Waals surface area contributed by atoms with E-state index in [2.05, 4.69) is 29.1 Å². The summed E-state index contributed by atoms with van der Waals surface area (Å²) in [6.45, 7) is 10.2. The molecule has 0 radical (unpaired) electrons. The number of hydrogen-bond acceptors (Lipinski definition) is 4. The van der Waals surface area contributed by atoms with Crippen molar-refractivity contribution in [3.8, 4) is 16.9 Å². The van der Waals surface area contributed by atoms with Gasteiger partial charge in [0.15, 0.2) is 0 Å². The summed E-state index contributed by atoms with van der Waals surface area (Å²) in [7, 11) is 0. The van der Waals surface area contributed by atoms with Crippen LogP contribution in [0.4, 0.5) is 0 Å². The van der Waals surface area contributed by atoms with Crippen molar-refractivity contribution in [1.29, 1.82) is 0 Å². The summed E-state index contributed by atoms with van der Waals surface area (Å²) in [6, 6.07) is 11.4. The summed E-state index contributed by atoms with van der Waals surface area (Å²) < 4.78 is 7.43. The summed E-state index contributed by atoms with van der Waals surface area (Å²) in [5.41, 5.74) is 5.76. The summed E-state index contributed by atoms with van der Waals surface area (Å²) >= 11 is 6.23. The van der Waals surface area contributed by atoms with Crippen LogP contribution in [0.5, 0.6) is 5.75 Å². The van der Waals surface area contributed by atoms with Crippen LogP contribution in [0.15, 0.2) is 47.5 Å². The number of nitrogens with zero attached hydrogens (tertiary/aromatic N) is 2. The Bertz CT molecular complexity index is 1470. The van der Waals surface area contributed by atoms with Crippen molar-refractivity contribution < 1.29 is 9.53 Å². The van der Waals surface area contributed by atoms with Gasteiger partial charge in [-0.1, -0.05) is 31.5 Å². The predicted molar refractivity (Wildman–Crippen MR) is 139 cm³/mol. The van der Waals surface area contributed by atoms with Crippen molar-refractivity contribution in [3.63, 3.8) is 0 Å². The Balaban J connectivity index is 1.76. The molecule has 35 heavy (non-hydrogen) atoms. The number of imidazole rings is 1. The second-order valence-corrected chi connectivity index (χ2v) is 9.28. The van der Waals surface area contributed by atoms with Crippen molar-refractivity contribution in [2.45, 2.75) is 47.1 Å². The molecule has 8 heteroatoms. The second-order valence-electron chi connectivity index (χ2n) is 8.87. The lowest BCUT2D eigenvalue weighted by molar-refractivity contribution is 0.0944. The number of rotatable bonds is 7. The molecule has 0 spiro atoms. The molecule has 182 valence electrons. The normalized spacial score (nSPS) is 11.3. The molecule has 1 aromatic carbocycles. The molecular formula is C27H29ClN4O3. The smallest absolute Gasteiger partial charge is 0.268 e. The molecule has 0 fully saturated rings. The highest BCUT2D eigenvalue weighted by molar-refractivity contribution is 6.31. The predicted octanol–water partition coefficient (Wildman–Crippen LogP) is 5.41. The Labute approximate surface area is 209 Å². The molecule has 4 rings (SSSR count). The number of pyridine rings is 2. The van der Waals surface area contributed by atoms with E-state index < -0.39 is 0 Å². The molecule has 0 aliphatic heterocycles. The minimum Gasteiger partial charge on any atom is -0.493 e. The lowest BCUT2D eigenvalue weighted by Gasteiger charge is -2.14. The maximum atomic E-state index is 13.4. The number of carbonyl (C=O) groups is 1. The Morgan fingerprint density at radius 3 is 2.63 bits per heavy atom. The number of ether oxygens (including phenoxy) is 1. The first kappa shape index (κ1) is 24.5. The van der Waals surface area contributed by atoms with Crippen LogP contribution in [0.2, 0.25) is 5.02 Å². The van der Waals surface area contributed by atoms with Crippen molar-refractivity contribution in [2.24, 2.45) is 0 Å². The van der Waals surface area contributed by atoms with Gasteiger partial charge in [0.1, 0.15) is 17.8 Å². The topological polar surface area (TPSA) is 88.5 Å². The fourth-order valence-electron chi connectivity index (χ4n) is 4.12. The van der Waals surface area contributed by atoms with Crippen LogP contribution in [0, 0.1) is 13.8 Å². The van der Waals surface area contributed by atoms with Crippen LogP contribution in [-0.2, 0) is 6.54 Å². The van der Waals surface area contributed by atoms with E-state index in [4.69, 9.17) is 16.3 Å². The summed E-state index contributed by atoms with van der Waals surface area (Å²) in [5, 5.41) is 3.58. The average Bonchev–Trinajstić information content (AvgIpc) is 3.24. The highest BCUT2D eigenvalue weighted by Crippen LogP contribution is 2.30. The number of carbonyl (C=O) groups excluding carboxylic acids is 1. The van der Waals surface area contributed by atoms with Gasteiger partial charge < -0.3 is 15.0 Å². The lowest BCUT2D eigenvalue weighted by Crippen LogP contribution is -2.29. The highest BCUT2D eigenvalue weighted by atomic mass is 35.5. The molecule has 4 aromatic rings. The van der Waals surface area contributed by atoms with E-state index in [1.54, 1.807) is 23.7 Å². The van der Waals surface area contributed by atoms with E-state index in [-0.39, 0.29) is 23.9 Å². The van der Waals surface area contributed by atoms with Crippen LogP contribution in [0.3, 0.4) is 0 Å². The van der Waals surface area contributed by atoms with Gasteiger partial charge in [0.25, 0.3) is 11.5 Å². The Hall–Kier alpha value is -3.58. The van der Waals surface area contributed by atoms with Crippen LogP contribution in [-0.4, -0.2) is 26.9 Å². The first-order valence-electron chi connectivity index (χ1n) is 11.6. The standard InChI is InChI=1S/C27H29ClN4O3/c1-6-35-24-10-17(5)31-26(33)20(24)13-29-27(34)23-12-19(18-7-8-21(28)16(4)9-18)11-22-25(15(2)3)30-14-32(22)23/h7-12,14-15H,6,13H2,1-5H3,(H,29,34)(H,31,33). The number of amides is 1. The van der Waals surface area contributed by atoms with Gasteiger partial charge in [-0.15, -0.1) is 0 Å². The fraction of sp³-hybridized carbons (Fsp3) is 0.296. The van der Waals surface area contributed by atoms with Crippen molar-refractivity contribution in [1.82, 2.24) is 19.7 Å². The maximum Gasteiger partial charge on any atom is 0.268 e. The summed E-state index contributed by atoms with van der Waals surface area (Å²) in [4.78, 5) is 33.3. The van der Waals surface area contributed by atoms with Gasteiger partial charge in [-0.25, -0.2) is 4.98 Å². The average molecular weight is 493 g/mol. The molecule has 0 aliphatic rings. The fourth-order valence-corrected chi connectivity index (χ4v) is 4.24. The van der Waals surface area contributed by atoms with Gasteiger partial charge in [0.05, 0.1) is 29.9 Å². The van der Waals surface area contributed by atoms with Gasteiger partial charge in [-0.3, -0.25) is 14.0 Å². The molecule has 0 aliphatic carbocycles. The van der Waals surface area contributed by atoms with Crippen LogP contribution in [0.25, 0.3) is 16.6 Å². The van der Waals surface area contributed by atoms with E-state index in [1.807, 2.05) is 44.2 Å². The van der Waals surface area contributed by atoms with Crippen molar-refractivity contribution >= 4 is 23.0 Å². The minimum absolute atomic E-state index is 0.0291. The molecule has 0 unspecified atom stereocenters. The Morgan fingerprint density at radius 2 is 1.94 bits per heavy atom. The number of hydrogen-bond donors (Lipinski definition) is 2. The van der Waals surface area contributed by atoms with E-state index in [0.29, 0.717) is 34.3 Å². The molecule has 3 heterocycles. The summed E-state index contributed by atoms with van der Waals surface area (Å²) in [5.74, 6) is 0.324. The second kappa shape index (κ2) is 9.96. The molecule has 2 N–H and O–H groups in total. The number of H-pyrrole nitrogens is 1. The van der Waals surface area contributed by atoms with E-state index in [1.165, 1.54) is 0 Å².